The van der Waals surface area contributed by atoms with E-state index in [0.717, 1.165) is 38.3 Å². The molecule has 0 saturated carbocycles. The highest BCUT2D eigenvalue weighted by Gasteiger charge is 2.16. The topological polar surface area (TPSA) is 67.6 Å². The third-order valence-electron chi connectivity index (χ3n) is 4.16. The van der Waals surface area contributed by atoms with Gasteiger partial charge in [0.05, 0.1) is 19.8 Å². The summed E-state index contributed by atoms with van der Waals surface area (Å²) in [4.78, 5) is 14.4. The first-order chi connectivity index (χ1) is 11.7. The highest BCUT2D eigenvalue weighted by molar-refractivity contribution is 5.92. The number of ether oxygens (including phenoxy) is 1. The maximum absolute atomic E-state index is 12.2. The molecule has 24 heavy (non-hydrogen) atoms. The zero-order valence-electron chi connectivity index (χ0n) is 14.0. The Hall–Kier alpha value is -2.18. The van der Waals surface area contributed by atoms with Crippen molar-refractivity contribution in [3.8, 4) is 0 Å². The maximum atomic E-state index is 12.2. The van der Waals surface area contributed by atoms with Crippen LogP contribution in [0.15, 0.2) is 34.9 Å². The molecule has 0 aliphatic carbocycles. The standard InChI is InChI=1S/C18H23N3O3/c1-2-14-3-5-15(6-4-14)12-19-18(22)17-11-16(24-20-17)13-21-7-9-23-10-8-21/h3-6,11H,2,7-10,12-13H2,1H3,(H,19,22). The summed E-state index contributed by atoms with van der Waals surface area (Å²) in [6.07, 6.45) is 1.01. The fourth-order valence-corrected chi connectivity index (χ4v) is 2.64. The quantitative estimate of drug-likeness (QED) is 0.878. The van der Waals surface area contributed by atoms with Crippen LogP contribution >= 0.6 is 0 Å². The number of carbonyl (C=O) groups excluding carboxylic acids is 1. The zero-order valence-corrected chi connectivity index (χ0v) is 14.0. The van der Waals surface area contributed by atoms with Crippen LogP contribution in [0.5, 0.6) is 0 Å². The maximum Gasteiger partial charge on any atom is 0.273 e. The van der Waals surface area contributed by atoms with Gasteiger partial charge in [-0.2, -0.15) is 0 Å². The summed E-state index contributed by atoms with van der Waals surface area (Å²) in [5.41, 5.74) is 2.68. The number of aromatic nitrogens is 1. The number of morpholine rings is 1. The molecule has 6 heteroatoms. The minimum atomic E-state index is -0.216. The van der Waals surface area contributed by atoms with Crippen LogP contribution in [0.1, 0.15) is 34.3 Å². The molecular formula is C18H23N3O3. The average Bonchev–Trinajstić information content (AvgIpc) is 3.09. The first-order valence-corrected chi connectivity index (χ1v) is 8.36. The molecule has 128 valence electrons. The van der Waals surface area contributed by atoms with Gasteiger partial charge in [-0.05, 0) is 17.5 Å². The van der Waals surface area contributed by atoms with Gasteiger partial charge in [-0.15, -0.1) is 0 Å². The van der Waals surface area contributed by atoms with Gasteiger partial charge < -0.3 is 14.6 Å². The van der Waals surface area contributed by atoms with E-state index in [1.54, 1.807) is 6.07 Å². The highest BCUT2D eigenvalue weighted by atomic mass is 16.5. The molecule has 0 atom stereocenters. The van der Waals surface area contributed by atoms with Crippen LogP contribution in [0.3, 0.4) is 0 Å². The monoisotopic (exact) mass is 329 g/mol. The lowest BCUT2D eigenvalue weighted by atomic mass is 10.1. The predicted octanol–water partition coefficient (Wildman–Crippen LogP) is 2.00. The summed E-state index contributed by atoms with van der Waals surface area (Å²) in [7, 11) is 0. The highest BCUT2D eigenvalue weighted by Crippen LogP contribution is 2.10. The second kappa shape index (κ2) is 8.08. The summed E-state index contributed by atoms with van der Waals surface area (Å²) >= 11 is 0. The Morgan fingerprint density at radius 2 is 1.92 bits per heavy atom. The lowest BCUT2D eigenvalue weighted by Gasteiger charge is -2.25. The molecule has 1 aliphatic rings. The van der Waals surface area contributed by atoms with E-state index in [1.807, 2.05) is 12.1 Å². The van der Waals surface area contributed by atoms with Crippen molar-refractivity contribution in [3.05, 3.63) is 52.9 Å². The van der Waals surface area contributed by atoms with Gasteiger partial charge in [0.1, 0.15) is 0 Å². The van der Waals surface area contributed by atoms with E-state index in [-0.39, 0.29) is 5.91 Å². The van der Waals surface area contributed by atoms with E-state index < -0.39 is 0 Å². The Kier molecular flexibility index (Phi) is 5.61. The van der Waals surface area contributed by atoms with Gasteiger partial charge >= 0.3 is 0 Å². The van der Waals surface area contributed by atoms with Crippen LogP contribution in [-0.2, 0) is 24.2 Å². The van der Waals surface area contributed by atoms with Crippen molar-refractivity contribution in [2.75, 3.05) is 26.3 Å². The Morgan fingerprint density at radius 1 is 1.21 bits per heavy atom. The summed E-state index contributed by atoms with van der Waals surface area (Å²) in [5.74, 6) is 0.487. The minimum Gasteiger partial charge on any atom is -0.379 e. The van der Waals surface area contributed by atoms with Gasteiger partial charge in [0, 0.05) is 25.7 Å². The van der Waals surface area contributed by atoms with Crippen LogP contribution < -0.4 is 5.32 Å². The molecule has 6 nitrogen and oxygen atoms in total. The number of hydrogen-bond acceptors (Lipinski definition) is 5. The lowest BCUT2D eigenvalue weighted by molar-refractivity contribution is 0.0305. The van der Waals surface area contributed by atoms with Crippen LogP contribution in [0.4, 0.5) is 0 Å². The van der Waals surface area contributed by atoms with Gasteiger partial charge in [0.2, 0.25) is 0 Å². The average molecular weight is 329 g/mol. The van der Waals surface area contributed by atoms with Gasteiger partial charge in [-0.3, -0.25) is 9.69 Å². The Bertz CT molecular complexity index is 660. The van der Waals surface area contributed by atoms with Gasteiger partial charge in [-0.25, -0.2) is 0 Å². The van der Waals surface area contributed by atoms with Crippen molar-refractivity contribution in [1.82, 2.24) is 15.4 Å². The number of benzene rings is 1. The molecule has 1 amide bonds. The summed E-state index contributed by atoms with van der Waals surface area (Å²) < 4.78 is 10.6. The Morgan fingerprint density at radius 3 is 2.62 bits per heavy atom. The molecular weight excluding hydrogens is 306 g/mol. The molecule has 1 aromatic carbocycles. The number of amides is 1. The van der Waals surface area contributed by atoms with Gasteiger partial charge in [0.15, 0.2) is 11.5 Å². The molecule has 3 rings (SSSR count). The largest absolute Gasteiger partial charge is 0.379 e. The number of carbonyl (C=O) groups is 1. The number of aryl methyl sites for hydroxylation is 1. The van der Waals surface area contributed by atoms with Crippen molar-refractivity contribution in [2.24, 2.45) is 0 Å². The number of rotatable bonds is 6. The van der Waals surface area contributed by atoms with Crippen molar-refractivity contribution >= 4 is 5.91 Å². The second-order valence-electron chi connectivity index (χ2n) is 5.92. The first-order valence-electron chi connectivity index (χ1n) is 8.36. The van der Waals surface area contributed by atoms with Crippen LogP contribution in [-0.4, -0.2) is 42.3 Å². The minimum absolute atomic E-state index is 0.216. The second-order valence-corrected chi connectivity index (χ2v) is 5.92. The molecule has 0 radical (unpaired) electrons. The van der Waals surface area contributed by atoms with E-state index in [1.165, 1.54) is 5.56 Å². The van der Waals surface area contributed by atoms with Gasteiger partial charge in [-0.1, -0.05) is 36.3 Å². The third-order valence-corrected chi connectivity index (χ3v) is 4.16. The molecule has 1 aliphatic heterocycles. The lowest BCUT2D eigenvalue weighted by Crippen LogP contribution is -2.35. The molecule has 2 aromatic rings. The normalized spacial score (nSPS) is 15.4. The molecule has 0 spiro atoms. The molecule has 1 fully saturated rings. The number of nitrogens with zero attached hydrogens (tertiary/aromatic N) is 2. The summed E-state index contributed by atoms with van der Waals surface area (Å²) in [5, 5.41) is 6.75. The van der Waals surface area contributed by atoms with Crippen molar-refractivity contribution in [1.29, 1.82) is 0 Å². The summed E-state index contributed by atoms with van der Waals surface area (Å²) in [6, 6.07) is 9.94. The fraction of sp³-hybridized carbons (Fsp3) is 0.444. The van der Waals surface area contributed by atoms with Gasteiger partial charge in [0.25, 0.3) is 5.91 Å². The number of hydrogen-bond donors (Lipinski definition) is 1. The molecule has 2 heterocycles. The fourth-order valence-electron chi connectivity index (χ4n) is 2.64. The smallest absolute Gasteiger partial charge is 0.273 e. The van der Waals surface area contributed by atoms with E-state index >= 15 is 0 Å². The van der Waals surface area contributed by atoms with E-state index in [0.29, 0.717) is 24.5 Å². The Balaban J connectivity index is 1.51. The zero-order chi connectivity index (χ0) is 16.8. The SMILES string of the molecule is CCc1ccc(CNC(=O)c2cc(CN3CCOCC3)on2)cc1. The molecule has 1 saturated heterocycles. The Labute approximate surface area is 141 Å². The van der Waals surface area contributed by atoms with Crippen LogP contribution in [0.25, 0.3) is 0 Å². The van der Waals surface area contributed by atoms with E-state index in [2.05, 4.69) is 34.4 Å². The van der Waals surface area contributed by atoms with E-state index in [9.17, 15) is 4.79 Å². The molecule has 0 unspecified atom stereocenters. The molecule has 1 N–H and O–H groups in total. The van der Waals surface area contributed by atoms with Crippen molar-refractivity contribution < 1.29 is 14.1 Å². The first kappa shape index (κ1) is 16.7. The van der Waals surface area contributed by atoms with Crippen molar-refractivity contribution in [2.45, 2.75) is 26.4 Å². The predicted molar refractivity (Wildman–Crippen MR) is 89.6 cm³/mol. The number of nitrogens with one attached hydrogen (secondary N) is 1. The molecule has 1 aromatic heterocycles. The van der Waals surface area contributed by atoms with Crippen LogP contribution in [0.2, 0.25) is 0 Å². The van der Waals surface area contributed by atoms with Crippen molar-refractivity contribution in [3.63, 3.8) is 0 Å². The molecule has 0 bridgehead atoms. The third kappa shape index (κ3) is 4.43. The summed E-state index contributed by atoms with van der Waals surface area (Å²) in [6.45, 7) is 6.47. The van der Waals surface area contributed by atoms with E-state index in [4.69, 9.17) is 9.26 Å². The van der Waals surface area contributed by atoms with Crippen LogP contribution in [0, 0.1) is 0 Å².